The highest BCUT2D eigenvalue weighted by atomic mass is 16.5. The Morgan fingerprint density at radius 3 is 2.55 bits per heavy atom. The van der Waals surface area contributed by atoms with Gasteiger partial charge in [-0.05, 0) is 5.92 Å². The summed E-state index contributed by atoms with van der Waals surface area (Å²) >= 11 is 0. The smallest absolute Gasteiger partial charge is 0.323 e. The Hall–Kier alpha value is -0.610. The van der Waals surface area contributed by atoms with Gasteiger partial charge in [-0.2, -0.15) is 0 Å². The maximum Gasteiger partial charge on any atom is 0.323 e. The number of rotatable bonds is 4. The van der Waals surface area contributed by atoms with Crippen LogP contribution < -0.4 is 5.73 Å². The lowest BCUT2D eigenvalue weighted by molar-refractivity contribution is -0.147. The number of hydrogen-bond acceptors (Lipinski definition) is 4. The molecule has 0 aromatic rings. The Bertz CT molecular complexity index is 125. The average molecular weight is 161 g/mol. The summed E-state index contributed by atoms with van der Waals surface area (Å²) in [5.41, 5.74) is 5.44. The van der Waals surface area contributed by atoms with E-state index in [2.05, 4.69) is 4.74 Å². The van der Waals surface area contributed by atoms with Crippen molar-refractivity contribution in [2.45, 2.75) is 19.9 Å². The second-order valence-electron chi connectivity index (χ2n) is 2.66. The standard InChI is InChI=1S/C7H15NO3/c1-5(2)6(8)7(10)11-4-3-9/h5-6,9H,3-4,8H2,1-2H3/t6-/m0/s1. The third-order valence-electron chi connectivity index (χ3n) is 1.33. The van der Waals surface area contributed by atoms with E-state index in [1.807, 2.05) is 13.8 Å². The number of carbonyl (C=O) groups excluding carboxylic acids is 1. The monoisotopic (exact) mass is 161 g/mol. The minimum Gasteiger partial charge on any atom is -0.462 e. The molecule has 4 nitrogen and oxygen atoms in total. The minimum absolute atomic E-state index is 0.0270. The molecule has 0 unspecified atom stereocenters. The third kappa shape index (κ3) is 3.95. The SMILES string of the molecule is CC(C)[C@H](N)C(=O)OCCO. The number of aliphatic hydroxyl groups is 1. The normalized spacial score (nSPS) is 13.2. The molecule has 0 bridgehead atoms. The molecule has 0 aliphatic rings. The number of nitrogens with two attached hydrogens (primary N) is 1. The molecule has 0 amide bonds. The van der Waals surface area contributed by atoms with Gasteiger partial charge in [0, 0.05) is 0 Å². The van der Waals surface area contributed by atoms with Crippen molar-refractivity contribution in [1.82, 2.24) is 0 Å². The number of esters is 1. The topological polar surface area (TPSA) is 72.6 Å². The summed E-state index contributed by atoms with van der Waals surface area (Å²) in [4.78, 5) is 10.9. The highest BCUT2D eigenvalue weighted by Gasteiger charge is 2.17. The van der Waals surface area contributed by atoms with Crippen LogP contribution in [-0.2, 0) is 9.53 Å². The number of ether oxygens (including phenoxy) is 1. The Labute approximate surface area is 66.3 Å². The number of carbonyl (C=O) groups is 1. The summed E-state index contributed by atoms with van der Waals surface area (Å²) in [5.74, 6) is -0.379. The Balaban J connectivity index is 3.64. The van der Waals surface area contributed by atoms with Crippen LogP contribution in [0.25, 0.3) is 0 Å². The molecule has 0 rings (SSSR count). The lowest BCUT2D eigenvalue weighted by Gasteiger charge is -2.13. The van der Waals surface area contributed by atoms with E-state index in [0.29, 0.717) is 0 Å². The van der Waals surface area contributed by atoms with Gasteiger partial charge in [0.1, 0.15) is 12.6 Å². The molecule has 0 aliphatic heterocycles. The molecule has 0 aliphatic carbocycles. The van der Waals surface area contributed by atoms with Crippen molar-refractivity contribution in [2.24, 2.45) is 11.7 Å². The predicted molar refractivity (Wildman–Crippen MR) is 40.9 cm³/mol. The van der Waals surface area contributed by atoms with Crippen LogP contribution in [0.4, 0.5) is 0 Å². The Morgan fingerprint density at radius 1 is 1.64 bits per heavy atom. The minimum atomic E-state index is -0.582. The van der Waals surface area contributed by atoms with Gasteiger partial charge in [0.15, 0.2) is 0 Å². The van der Waals surface area contributed by atoms with Crippen LogP contribution in [0.3, 0.4) is 0 Å². The molecule has 0 heterocycles. The molecular formula is C7H15NO3. The molecule has 0 saturated carbocycles. The first-order valence-corrected chi connectivity index (χ1v) is 3.62. The second-order valence-corrected chi connectivity index (χ2v) is 2.66. The first kappa shape index (κ1) is 10.4. The van der Waals surface area contributed by atoms with Crippen LogP contribution in [0.15, 0.2) is 0 Å². The van der Waals surface area contributed by atoms with Gasteiger partial charge in [0.2, 0.25) is 0 Å². The molecule has 0 spiro atoms. The van der Waals surface area contributed by atoms with Crippen LogP contribution in [0.2, 0.25) is 0 Å². The van der Waals surface area contributed by atoms with Crippen LogP contribution in [0, 0.1) is 5.92 Å². The van der Waals surface area contributed by atoms with Crippen molar-refractivity contribution in [3.8, 4) is 0 Å². The summed E-state index contributed by atoms with van der Waals surface area (Å²) in [6, 6.07) is -0.582. The highest BCUT2D eigenvalue weighted by molar-refractivity contribution is 5.75. The summed E-state index contributed by atoms with van der Waals surface area (Å²) in [7, 11) is 0. The molecule has 4 heteroatoms. The van der Waals surface area contributed by atoms with Gasteiger partial charge in [-0.1, -0.05) is 13.8 Å². The van der Waals surface area contributed by atoms with E-state index >= 15 is 0 Å². The molecule has 11 heavy (non-hydrogen) atoms. The van der Waals surface area contributed by atoms with E-state index in [9.17, 15) is 4.79 Å². The average Bonchev–Trinajstić information content (AvgIpc) is 1.98. The van der Waals surface area contributed by atoms with E-state index < -0.39 is 12.0 Å². The Morgan fingerprint density at radius 2 is 2.18 bits per heavy atom. The molecule has 0 fully saturated rings. The van der Waals surface area contributed by atoms with Crippen LogP contribution >= 0.6 is 0 Å². The van der Waals surface area contributed by atoms with Crippen molar-refractivity contribution >= 4 is 5.97 Å². The van der Waals surface area contributed by atoms with Gasteiger partial charge < -0.3 is 15.6 Å². The maximum absolute atomic E-state index is 10.9. The van der Waals surface area contributed by atoms with Gasteiger partial charge in [0.25, 0.3) is 0 Å². The summed E-state index contributed by atoms with van der Waals surface area (Å²) in [6.45, 7) is 3.55. The first-order chi connectivity index (χ1) is 5.09. The second kappa shape index (κ2) is 5.09. The summed E-state index contributed by atoms with van der Waals surface area (Å²) in [5, 5.41) is 8.32. The first-order valence-electron chi connectivity index (χ1n) is 3.62. The quantitative estimate of drug-likeness (QED) is 0.545. The van der Waals surface area contributed by atoms with E-state index in [1.54, 1.807) is 0 Å². The maximum atomic E-state index is 10.9. The van der Waals surface area contributed by atoms with Crippen molar-refractivity contribution in [1.29, 1.82) is 0 Å². The Kier molecular flexibility index (Phi) is 4.81. The summed E-state index contributed by atoms with van der Waals surface area (Å²) in [6.07, 6.45) is 0. The molecule has 0 saturated heterocycles. The van der Waals surface area contributed by atoms with E-state index in [4.69, 9.17) is 10.8 Å². The molecule has 1 atom stereocenters. The van der Waals surface area contributed by atoms with E-state index in [1.165, 1.54) is 0 Å². The molecule has 0 aromatic carbocycles. The zero-order valence-corrected chi connectivity index (χ0v) is 6.91. The fourth-order valence-electron chi connectivity index (χ4n) is 0.515. The third-order valence-corrected chi connectivity index (χ3v) is 1.33. The molecular weight excluding hydrogens is 146 g/mol. The largest absolute Gasteiger partial charge is 0.462 e. The van der Waals surface area contributed by atoms with Gasteiger partial charge in [-0.15, -0.1) is 0 Å². The van der Waals surface area contributed by atoms with Crippen molar-refractivity contribution < 1.29 is 14.6 Å². The molecule has 0 radical (unpaired) electrons. The van der Waals surface area contributed by atoms with E-state index in [0.717, 1.165) is 0 Å². The van der Waals surface area contributed by atoms with Gasteiger partial charge in [-0.3, -0.25) is 4.79 Å². The van der Waals surface area contributed by atoms with E-state index in [-0.39, 0.29) is 19.1 Å². The molecule has 3 N–H and O–H groups in total. The fraction of sp³-hybridized carbons (Fsp3) is 0.857. The fourth-order valence-corrected chi connectivity index (χ4v) is 0.515. The van der Waals surface area contributed by atoms with Gasteiger partial charge in [0.05, 0.1) is 6.61 Å². The lowest BCUT2D eigenvalue weighted by atomic mass is 10.1. The zero-order chi connectivity index (χ0) is 8.85. The van der Waals surface area contributed by atoms with Crippen LogP contribution in [0.1, 0.15) is 13.8 Å². The number of hydrogen-bond donors (Lipinski definition) is 2. The lowest BCUT2D eigenvalue weighted by Crippen LogP contribution is -2.37. The summed E-state index contributed by atoms with van der Waals surface area (Å²) < 4.78 is 4.60. The van der Waals surface area contributed by atoms with Crippen LogP contribution in [0.5, 0.6) is 0 Å². The molecule has 0 aromatic heterocycles. The number of aliphatic hydroxyl groups excluding tert-OH is 1. The van der Waals surface area contributed by atoms with Gasteiger partial charge in [-0.25, -0.2) is 0 Å². The van der Waals surface area contributed by atoms with Crippen molar-refractivity contribution in [2.75, 3.05) is 13.2 Å². The predicted octanol–water partition coefficient (Wildman–Crippen LogP) is -0.495. The van der Waals surface area contributed by atoms with Crippen molar-refractivity contribution in [3.63, 3.8) is 0 Å². The van der Waals surface area contributed by atoms with Crippen LogP contribution in [-0.4, -0.2) is 30.3 Å². The molecule has 66 valence electrons. The zero-order valence-electron chi connectivity index (χ0n) is 6.91. The van der Waals surface area contributed by atoms with Crippen molar-refractivity contribution in [3.05, 3.63) is 0 Å². The van der Waals surface area contributed by atoms with Gasteiger partial charge >= 0.3 is 5.97 Å². The highest BCUT2D eigenvalue weighted by Crippen LogP contribution is 1.99.